The van der Waals surface area contributed by atoms with E-state index in [2.05, 4.69) is 38.3 Å². The summed E-state index contributed by atoms with van der Waals surface area (Å²) in [4.78, 5) is 0. The van der Waals surface area contributed by atoms with Crippen LogP contribution < -0.4 is 15.4 Å². The van der Waals surface area contributed by atoms with Crippen molar-refractivity contribution in [2.24, 2.45) is 0 Å². The molecule has 19 heavy (non-hydrogen) atoms. The lowest BCUT2D eigenvalue weighted by Gasteiger charge is -2.21. The highest BCUT2D eigenvalue weighted by Gasteiger charge is 2.08. The Morgan fingerprint density at radius 2 is 1.95 bits per heavy atom. The monoisotopic (exact) mass is 284 g/mol. The predicted octanol–water partition coefficient (Wildman–Crippen LogP) is 3.93. The van der Waals surface area contributed by atoms with Crippen molar-refractivity contribution in [1.29, 1.82) is 0 Å². The van der Waals surface area contributed by atoms with Crippen LogP contribution >= 0.6 is 11.6 Å². The largest absolute Gasteiger partial charge is 0.491 e. The summed E-state index contributed by atoms with van der Waals surface area (Å²) in [6.07, 6.45) is 0.994. The van der Waals surface area contributed by atoms with Crippen LogP contribution in [0.15, 0.2) is 18.2 Å². The normalized spacial score (nSPS) is 11.4. The molecule has 0 aliphatic rings. The number of ether oxygens (including phenoxy) is 1. The van der Waals surface area contributed by atoms with Gasteiger partial charge in [0.25, 0.3) is 0 Å². The molecule has 0 saturated carbocycles. The fourth-order valence-corrected chi connectivity index (χ4v) is 1.79. The van der Waals surface area contributed by atoms with Gasteiger partial charge >= 0.3 is 0 Å². The van der Waals surface area contributed by atoms with Gasteiger partial charge in [-0.2, -0.15) is 0 Å². The lowest BCUT2D eigenvalue weighted by molar-refractivity contribution is 0.319. The first-order valence-corrected chi connectivity index (χ1v) is 7.21. The minimum atomic E-state index is 0.136. The van der Waals surface area contributed by atoms with Gasteiger partial charge in [0.2, 0.25) is 0 Å². The number of halogens is 1. The average molecular weight is 285 g/mol. The predicted molar refractivity (Wildman–Crippen MR) is 83.5 cm³/mol. The van der Waals surface area contributed by atoms with Crippen LogP contribution in [-0.2, 0) is 0 Å². The Kier molecular flexibility index (Phi) is 6.46. The van der Waals surface area contributed by atoms with Crippen molar-refractivity contribution in [3.8, 4) is 5.75 Å². The van der Waals surface area contributed by atoms with Crippen molar-refractivity contribution < 1.29 is 4.74 Å². The molecule has 2 N–H and O–H groups in total. The Balaban J connectivity index is 2.53. The van der Waals surface area contributed by atoms with E-state index in [0.29, 0.717) is 0 Å². The quantitative estimate of drug-likeness (QED) is 0.745. The van der Waals surface area contributed by atoms with Gasteiger partial charge < -0.3 is 15.4 Å². The van der Waals surface area contributed by atoms with Crippen molar-refractivity contribution in [3.05, 3.63) is 23.2 Å². The summed E-state index contributed by atoms with van der Waals surface area (Å²) < 4.78 is 5.70. The summed E-state index contributed by atoms with van der Waals surface area (Å²) in [6.45, 7) is 11.0. The molecule has 0 unspecified atom stereocenters. The van der Waals surface area contributed by atoms with Crippen molar-refractivity contribution in [2.45, 2.75) is 39.7 Å². The Hall–Kier alpha value is -0.930. The maximum Gasteiger partial charge on any atom is 0.142 e. The number of nitrogens with one attached hydrogen (secondary N) is 2. The van der Waals surface area contributed by atoms with E-state index in [1.807, 2.05) is 18.2 Å². The SMILES string of the molecule is CCCOc1ccc(Cl)cc1NCCNC(C)(C)C. The van der Waals surface area contributed by atoms with Crippen LogP contribution in [0.1, 0.15) is 34.1 Å². The van der Waals surface area contributed by atoms with Crippen molar-refractivity contribution in [3.63, 3.8) is 0 Å². The fourth-order valence-electron chi connectivity index (χ4n) is 1.61. The second-order valence-electron chi connectivity index (χ2n) is 5.59. The molecule has 0 aromatic heterocycles. The lowest BCUT2D eigenvalue weighted by atomic mass is 10.1. The van der Waals surface area contributed by atoms with Gasteiger partial charge in [-0.05, 0) is 45.4 Å². The standard InChI is InChI=1S/C15H25ClN2O/c1-5-10-19-14-7-6-12(16)11-13(14)17-8-9-18-15(2,3)4/h6-7,11,17-18H,5,8-10H2,1-4H3. The third-order valence-corrected chi connectivity index (χ3v) is 2.73. The Morgan fingerprint density at radius 3 is 2.58 bits per heavy atom. The number of benzene rings is 1. The first-order chi connectivity index (χ1) is 8.92. The van der Waals surface area contributed by atoms with E-state index < -0.39 is 0 Å². The molecule has 1 aromatic rings. The van der Waals surface area contributed by atoms with Crippen LogP contribution in [0, 0.1) is 0 Å². The molecule has 4 heteroatoms. The molecule has 3 nitrogen and oxygen atoms in total. The van der Waals surface area contributed by atoms with Crippen LogP contribution in [0.3, 0.4) is 0 Å². The molecule has 108 valence electrons. The van der Waals surface area contributed by atoms with Gasteiger partial charge in [-0.25, -0.2) is 0 Å². The summed E-state index contributed by atoms with van der Waals surface area (Å²) in [5.41, 5.74) is 1.09. The molecule has 0 aliphatic heterocycles. The zero-order valence-corrected chi connectivity index (χ0v) is 13.1. The minimum Gasteiger partial charge on any atom is -0.491 e. The molecule has 0 heterocycles. The van der Waals surface area contributed by atoms with Crippen molar-refractivity contribution >= 4 is 17.3 Å². The van der Waals surface area contributed by atoms with Crippen molar-refractivity contribution in [1.82, 2.24) is 5.32 Å². The maximum absolute atomic E-state index is 6.03. The summed E-state index contributed by atoms with van der Waals surface area (Å²) in [5, 5.41) is 7.51. The van der Waals surface area contributed by atoms with Crippen LogP contribution in [0.25, 0.3) is 0 Å². The summed E-state index contributed by atoms with van der Waals surface area (Å²) in [7, 11) is 0. The van der Waals surface area contributed by atoms with E-state index in [9.17, 15) is 0 Å². The zero-order valence-electron chi connectivity index (χ0n) is 12.3. The molecule has 0 radical (unpaired) electrons. The molecule has 0 spiro atoms. The maximum atomic E-state index is 6.03. The Morgan fingerprint density at radius 1 is 1.21 bits per heavy atom. The molecule has 0 bridgehead atoms. The second kappa shape index (κ2) is 7.61. The summed E-state index contributed by atoms with van der Waals surface area (Å²) in [5.74, 6) is 0.863. The first-order valence-electron chi connectivity index (χ1n) is 6.83. The van der Waals surface area contributed by atoms with Gasteiger partial charge in [0.05, 0.1) is 12.3 Å². The third kappa shape index (κ3) is 6.69. The first kappa shape index (κ1) is 16.1. The number of hydrogen-bond donors (Lipinski definition) is 2. The zero-order chi connectivity index (χ0) is 14.3. The molecule has 1 rings (SSSR count). The molecule has 0 fully saturated rings. The van der Waals surface area contributed by atoms with E-state index in [0.717, 1.165) is 42.6 Å². The van der Waals surface area contributed by atoms with Crippen molar-refractivity contribution in [2.75, 3.05) is 25.0 Å². The van der Waals surface area contributed by atoms with E-state index in [-0.39, 0.29) is 5.54 Å². The number of rotatable bonds is 7. The van der Waals surface area contributed by atoms with Gasteiger partial charge in [0, 0.05) is 23.7 Å². The van der Waals surface area contributed by atoms with E-state index in [1.165, 1.54) is 0 Å². The van der Waals surface area contributed by atoms with Crippen LogP contribution in [0.5, 0.6) is 5.75 Å². The van der Waals surface area contributed by atoms with Gasteiger partial charge in [-0.1, -0.05) is 18.5 Å². The molecule has 1 aromatic carbocycles. The van der Waals surface area contributed by atoms with Crippen LogP contribution in [0.2, 0.25) is 5.02 Å². The minimum absolute atomic E-state index is 0.136. The molecular weight excluding hydrogens is 260 g/mol. The number of anilines is 1. The third-order valence-electron chi connectivity index (χ3n) is 2.50. The highest BCUT2D eigenvalue weighted by Crippen LogP contribution is 2.27. The van der Waals surface area contributed by atoms with Crippen LogP contribution in [0.4, 0.5) is 5.69 Å². The second-order valence-corrected chi connectivity index (χ2v) is 6.03. The number of hydrogen-bond acceptors (Lipinski definition) is 3. The van der Waals surface area contributed by atoms with E-state index in [4.69, 9.17) is 16.3 Å². The molecular formula is C15H25ClN2O. The fraction of sp³-hybridized carbons (Fsp3) is 0.600. The summed E-state index contributed by atoms with van der Waals surface area (Å²) >= 11 is 6.03. The van der Waals surface area contributed by atoms with Gasteiger partial charge in [-0.3, -0.25) is 0 Å². The van der Waals surface area contributed by atoms with E-state index >= 15 is 0 Å². The highest BCUT2D eigenvalue weighted by molar-refractivity contribution is 6.30. The topological polar surface area (TPSA) is 33.3 Å². The molecule has 0 amide bonds. The van der Waals surface area contributed by atoms with Gasteiger partial charge in [0.15, 0.2) is 0 Å². The lowest BCUT2D eigenvalue weighted by Crippen LogP contribution is -2.38. The Labute approximate surface area is 121 Å². The smallest absolute Gasteiger partial charge is 0.142 e. The van der Waals surface area contributed by atoms with E-state index in [1.54, 1.807) is 0 Å². The van der Waals surface area contributed by atoms with Crippen LogP contribution in [-0.4, -0.2) is 25.2 Å². The molecule has 0 aliphatic carbocycles. The summed E-state index contributed by atoms with van der Waals surface area (Å²) in [6, 6.07) is 5.67. The molecule has 0 atom stereocenters. The average Bonchev–Trinajstić information content (AvgIpc) is 2.32. The highest BCUT2D eigenvalue weighted by atomic mass is 35.5. The van der Waals surface area contributed by atoms with Gasteiger partial charge in [-0.15, -0.1) is 0 Å². The van der Waals surface area contributed by atoms with Gasteiger partial charge in [0.1, 0.15) is 5.75 Å². The Bertz CT molecular complexity index is 388. The molecule has 0 saturated heterocycles.